The van der Waals surface area contributed by atoms with Gasteiger partial charge in [0.05, 0.1) is 0 Å². The zero-order chi connectivity index (χ0) is 11.2. The van der Waals surface area contributed by atoms with Crippen LogP contribution in [0.3, 0.4) is 0 Å². The molecule has 0 saturated carbocycles. The third kappa shape index (κ3) is 3.01. The predicted octanol–water partition coefficient (Wildman–Crippen LogP) is 3.45. The van der Waals surface area contributed by atoms with E-state index in [4.69, 9.17) is 4.74 Å². The summed E-state index contributed by atoms with van der Waals surface area (Å²) in [6, 6.07) is 0. The fraction of sp³-hybridized carbons (Fsp3) is 0.909. The number of hydrogen-bond acceptors (Lipinski definition) is 2. The number of carbonyl (C=O) groups excluding carboxylic acids is 1. The molecule has 0 N–H and O–H groups in total. The standard InChI is InChI=1S/C11H24GeO2/c1-6-12(7-2,8-3)10(5)11(13)14-9-4/h10H,6-9H2,1-5H3. The third-order valence-corrected chi connectivity index (χ3v) is 16.9. The molecule has 0 aliphatic rings. The average molecular weight is 261 g/mol. The van der Waals surface area contributed by atoms with Gasteiger partial charge >= 0.3 is 90.5 Å². The van der Waals surface area contributed by atoms with Crippen LogP contribution in [0.1, 0.15) is 34.6 Å². The van der Waals surface area contributed by atoms with Crippen molar-refractivity contribution >= 4 is 19.2 Å². The van der Waals surface area contributed by atoms with Crippen LogP contribution in [0, 0.1) is 0 Å². The van der Waals surface area contributed by atoms with Gasteiger partial charge in [-0.05, 0) is 0 Å². The minimum absolute atomic E-state index is 0.0399. The van der Waals surface area contributed by atoms with Gasteiger partial charge in [0.25, 0.3) is 0 Å². The van der Waals surface area contributed by atoms with Gasteiger partial charge in [-0.25, -0.2) is 0 Å². The summed E-state index contributed by atoms with van der Waals surface area (Å²) in [6.07, 6.45) is 0. The van der Waals surface area contributed by atoms with E-state index in [-0.39, 0.29) is 10.7 Å². The SMILES string of the molecule is CCOC(=O)[CH](C)[Ge]([CH2]C)([CH2]C)[CH2]C. The van der Waals surface area contributed by atoms with Crippen LogP contribution in [-0.4, -0.2) is 25.8 Å². The first-order valence-electron chi connectivity index (χ1n) is 5.74. The summed E-state index contributed by atoms with van der Waals surface area (Å²) in [6.45, 7) is 11.2. The Morgan fingerprint density at radius 3 is 1.86 bits per heavy atom. The van der Waals surface area contributed by atoms with Crippen LogP contribution < -0.4 is 0 Å². The van der Waals surface area contributed by atoms with Crippen LogP contribution in [0.2, 0.25) is 20.5 Å². The first-order valence-corrected chi connectivity index (χ1v) is 11.4. The Hall–Kier alpha value is 0.0129. The van der Waals surface area contributed by atoms with Gasteiger partial charge in [0.2, 0.25) is 0 Å². The van der Waals surface area contributed by atoms with Crippen LogP contribution >= 0.6 is 0 Å². The van der Waals surface area contributed by atoms with E-state index >= 15 is 0 Å². The van der Waals surface area contributed by atoms with Crippen molar-refractivity contribution in [2.75, 3.05) is 6.61 Å². The minimum atomic E-state index is -1.93. The van der Waals surface area contributed by atoms with Gasteiger partial charge in [-0.15, -0.1) is 0 Å². The second kappa shape index (κ2) is 6.49. The third-order valence-electron chi connectivity index (χ3n) is 3.67. The molecule has 84 valence electrons. The summed E-state index contributed by atoms with van der Waals surface area (Å²) in [5, 5.41) is 3.69. The van der Waals surface area contributed by atoms with Gasteiger partial charge in [0.1, 0.15) is 0 Å². The van der Waals surface area contributed by atoms with Crippen LogP contribution in [0.15, 0.2) is 0 Å². The molecule has 1 atom stereocenters. The van der Waals surface area contributed by atoms with Crippen molar-refractivity contribution in [3.8, 4) is 0 Å². The van der Waals surface area contributed by atoms with Crippen LogP contribution in [0.25, 0.3) is 0 Å². The molecule has 0 radical (unpaired) electrons. The quantitative estimate of drug-likeness (QED) is 0.540. The van der Waals surface area contributed by atoms with Crippen LogP contribution in [0.5, 0.6) is 0 Å². The van der Waals surface area contributed by atoms with E-state index in [9.17, 15) is 4.79 Å². The second-order valence-electron chi connectivity index (χ2n) is 3.90. The number of carbonyl (C=O) groups is 1. The Morgan fingerprint density at radius 2 is 1.57 bits per heavy atom. The van der Waals surface area contributed by atoms with E-state index in [1.165, 1.54) is 15.8 Å². The molecule has 0 rings (SSSR count). The molecule has 0 aromatic heterocycles. The Labute approximate surface area is 90.8 Å². The van der Waals surface area contributed by atoms with Crippen LogP contribution in [0.4, 0.5) is 0 Å². The summed E-state index contributed by atoms with van der Waals surface area (Å²) < 4.78 is 5.33. The predicted molar refractivity (Wildman–Crippen MR) is 63.3 cm³/mol. The monoisotopic (exact) mass is 262 g/mol. The Bertz CT molecular complexity index is 168. The zero-order valence-corrected chi connectivity index (χ0v) is 12.3. The van der Waals surface area contributed by atoms with Crippen molar-refractivity contribution in [2.24, 2.45) is 0 Å². The van der Waals surface area contributed by atoms with E-state index < -0.39 is 13.3 Å². The van der Waals surface area contributed by atoms with E-state index in [2.05, 4.69) is 27.7 Å². The van der Waals surface area contributed by atoms with Crippen molar-refractivity contribution in [1.29, 1.82) is 0 Å². The van der Waals surface area contributed by atoms with E-state index in [1.807, 2.05) is 6.92 Å². The Kier molecular flexibility index (Phi) is 6.49. The normalized spacial score (nSPS) is 13.8. The maximum absolute atomic E-state index is 11.7. The fourth-order valence-electron chi connectivity index (χ4n) is 2.19. The van der Waals surface area contributed by atoms with E-state index in [1.54, 1.807) is 0 Å². The molecule has 0 aliphatic heterocycles. The zero-order valence-electron chi connectivity index (χ0n) is 10.2. The molecular weight excluding hydrogens is 237 g/mol. The van der Waals surface area contributed by atoms with Gasteiger partial charge in [0, 0.05) is 0 Å². The van der Waals surface area contributed by atoms with Gasteiger partial charge in [-0.2, -0.15) is 0 Å². The first-order chi connectivity index (χ1) is 6.57. The molecule has 0 fully saturated rings. The fourth-order valence-corrected chi connectivity index (χ4v) is 10.4. The molecule has 2 nitrogen and oxygen atoms in total. The molecule has 0 bridgehead atoms. The molecular formula is C11H24GeO2. The first kappa shape index (κ1) is 14.0. The Balaban J connectivity index is 4.57. The molecule has 0 amide bonds. The molecule has 1 unspecified atom stereocenters. The number of esters is 1. The molecule has 0 spiro atoms. The summed E-state index contributed by atoms with van der Waals surface area (Å²) in [5.41, 5.74) is 0. The molecule has 0 heterocycles. The number of ether oxygens (including phenoxy) is 1. The summed E-state index contributed by atoms with van der Waals surface area (Å²) in [7, 11) is 0. The topological polar surface area (TPSA) is 26.3 Å². The van der Waals surface area contributed by atoms with Gasteiger partial charge in [-0.3, -0.25) is 0 Å². The van der Waals surface area contributed by atoms with Crippen molar-refractivity contribution < 1.29 is 9.53 Å². The summed E-state index contributed by atoms with van der Waals surface area (Å²) >= 11 is -1.93. The summed E-state index contributed by atoms with van der Waals surface area (Å²) in [5.74, 6) is 0.0399. The molecule has 0 aromatic carbocycles. The number of hydrogen-bond donors (Lipinski definition) is 0. The molecule has 14 heavy (non-hydrogen) atoms. The number of rotatable bonds is 6. The molecule has 0 aromatic rings. The van der Waals surface area contributed by atoms with Crippen molar-refractivity contribution in [3.63, 3.8) is 0 Å². The molecule has 3 heteroatoms. The van der Waals surface area contributed by atoms with Gasteiger partial charge in [0.15, 0.2) is 0 Å². The van der Waals surface area contributed by atoms with E-state index in [0.717, 1.165) is 0 Å². The molecule has 0 saturated heterocycles. The van der Waals surface area contributed by atoms with Gasteiger partial charge in [-0.1, -0.05) is 0 Å². The van der Waals surface area contributed by atoms with E-state index in [0.29, 0.717) is 6.61 Å². The second-order valence-corrected chi connectivity index (χ2v) is 15.9. The average Bonchev–Trinajstić information content (AvgIpc) is 2.21. The van der Waals surface area contributed by atoms with Crippen molar-refractivity contribution in [1.82, 2.24) is 0 Å². The molecule has 0 aliphatic carbocycles. The van der Waals surface area contributed by atoms with Crippen LogP contribution in [-0.2, 0) is 9.53 Å². The summed E-state index contributed by atoms with van der Waals surface area (Å²) in [4.78, 5) is 11.7. The van der Waals surface area contributed by atoms with Crippen molar-refractivity contribution in [2.45, 2.75) is 55.1 Å². The van der Waals surface area contributed by atoms with Crippen molar-refractivity contribution in [3.05, 3.63) is 0 Å². The maximum atomic E-state index is 11.7. The van der Waals surface area contributed by atoms with Gasteiger partial charge < -0.3 is 0 Å². The Morgan fingerprint density at radius 1 is 1.14 bits per heavy atom.